The molecule has 0 radical (unpaired) electrons. The average Bonchev–Trinajstić information content (AvgIpc) is 2.82. The Morgan fingerprint density at radius 2 is 2.20 bits per heavy atom. The maximum atomic E-state index is 11.1. The lowest BCUT2D eigenvalue weighted by Gasteiger charge is -2.19. The number of hydrogen-bond donors (Lipinski definition) is 1. The van der Waals surface area contributed by atoms with E-state index in [0.717, 1.165) is 29.7 Å². The van der Waals surface area contributed by atoms with Gasteiger partial charge < -0.3 is 14.4 Å². The fraction of sp³-hybridized carbons (Fsp3) is 0.467. The third-order valence-electron chi connectivity index (χ3n) is 3.52. The molecule has 0 aliphatic carbocycles. The Balaban J connectivity index is 2.64. The van der Waals surface area contributed by atoms with E-state index in [1.165, 1.54) is 0 Å². The second kappa shape index (κ2) is 6.05. The van der Waals surface area contributed by atoms with Crippen LogP contribution in [0.25, 0.3) is 11.0 Å². The van der Waals surface area contributed by atoms with Crippen LogP contribution in [0.1, 0.15) is 42.5 Å². The number of nitrogens with zero attached hydrogens (tertiary/aromatic N) is 2. The second-order valence-corrected chi connectivity index (χ2v) is 4.78. The lowest BCUT2D eigenvalue weighted by Crippen LogP contribution is -2.16. The van der Waals surface area contributed by atoms with Crippen molar-refractivity contribution in [2.24, 2.45) is 0 Å². The van der Waals surface area contributed by atoms with Gasteiger partial charge in [-0.15, -0.1) is 0 Å². The molecule has 2 rings (SSSR count). The van der Waals surface area contributed by atoms with Gasteiger partial charge in [-0.2, -0.15) is 0 Å². The Morgan fingerprint density at radius 1 is 1.45 bits per heavy atom. The van der Waals surface area contributed by atoms with Gasteiger partial charge >= 0.3 is 5.97 Å². The summed E-state index contributed by atoms with van der Waals surface area (Å²) in [4.78, 5) is 15.7. The van der Waals surface area contributed by atoms with Gasteiger partial charge in [-0.05, 0) is 24.6 Å². The molecule has 2 aromatic rings. The minimum Gasteiger partial charge on any atom is -0.478 e. The van der Waals surface area contributed by atoms with Gasteiger partial charge in [-0.1, -0.05) is 13.8 Å². The Hall–Kier alpha value is -1.88. The third-order valence-corrected chi connectivity index (χ3v) is 3.52. The quantitative estimate of drug-likeness (QED) is 0.881. The van der Waals surface area contributed by atoms with Crippen molar-refractivity contribution in [3.63, 3.8) is 0 Å². The van der Waals surface area contributed by atoms with Crippen LogP contribution < -0.4 is 0 Å². The van der Waals surface area contributed by atoms with Crippen LogP contribution in [0.2, 0.25) is 0 Å². The van der Waals surface area contributed by atoms with Crippen LogP contribution in [0.3, 0.4) is 0 Å². The number of imidazole rings is 1. The van der Waals surface area contributed by atoms with Crippen LogP contribution in [-0.2, 0) is 11.2 Å². The molecule has 0 amide bonds. The van der Waals surface area contributed by atoms with Crippen LogP contribution in [0.15, 0.2) is 18.2 Å². The van der Waals surface area contributed by atoms with Crippen LogP contribution >= 0.6 is 0 Å². The maximum absolute atomic E-state index is 11.1. The number of carboxylic acid groups (broad SMARTS) is 1. The zero-order chi connectivity index (χ0) is 14.7. The van der Waals surface area contributed by atoms with E-state index in [1.54, 1.807) is 25.3 Å². The van der Waals surface area contributed by atoms with Crippen molar-refractivity contribution >= 4 is 17.0 Å². The summed E-state index contributed by atoms with van der Waals surface area (Å²) < 4.78 is 7.40. The third kappa shape index (κ3) is 2.54. The molecular weight excluding hydrogens is 256 g/mol. The van der Waals surface area contributed by atoms with Crippen molar-refractivity contribution in [1.82, 2.24) is 9.55 Å². The molecule has 0 fully saturated rings. The minimum absolute atomic E-state index is 0.170. The van der Waals surface area contributed by atoms with Gasteiger partial charge in [0, 0.05) is 13.5 Å². The predicted molar refractivity (Wildman–Crippen MR) is 77.3 cm³/mol. The average molecular weight is 276 g/mol. The molecule has 0 aliphatic rings. The fourth-order valence-electron chi connectivity index (χ4n) is 2.50. The first-order valence-corrected chi connectivity index (χ1v) is 6.85. The molecule has 1 aromatic carbocycles. The van der Waals surface area contributed by atoms with Crippen LogP contribution in [0.4, 0.5) is 0 Å². The van der Waals surface area contributed by atoms with E-state index in [0.29, 0.717) is 6.61 Å². The van der Waals surface area contributed by atoms with Gasteiger partial charge in [0.15, 0.2) is 0 Å². The number of methoxy groups -OCH3 is 1. The first kappa shape index (κ1) is 14.5. The van der Waals surface area contributed by atoms with Crippen molar-refractivity contribution in [1.29, 1.82) is 0 Å². The molecule has 0 saturated carbocycles. The number of aromatic nitrogens is 2. The monoisotopic (exact) mass is 276 g/mol. The minimum atomic E-state index is -0.919. The van der Waals surface area contributed by atoms with E-state index in [-0.39, 0.29) is 11.6 Å². The van der Waals surface area contributed by atoms with Crippen LogP contribution in [0.5, 0.6) is 0 Å². The SMILES string of the molecule is CCc1nc2ccc(C(=O)O)cc2n1C(CC)COC. The molecular formula is C15H20N2O3. The Labute approximate surface area is 118 Å². The maximum Gasteiger partial charge on any atom is 0.335 e. The molecule has 0 saturated heterocycles. The van der Waals surface area contributed by atoms with Crippen molar-refractivity contribution in [2.45, 2.75) is 32.7 Å². The van der Waals surface area contributed by atoms with Crippen molar-refractivity contribution in [2.75, 3.05) is 13.7 Å². The van der Waals surface area contributed by atoms with E-state index >= 15 is 0 Å². The molecule has 5 nitrogen and oxygen atoms in total. The number of fused-ring (bicyclic) bond motifs is 1. The van der Waals surface area contributed by atoms with Gasteiger partial charge in [0.05, 0.1) is 29.2 Å². The first-order valence-electron chi connectivity index (χ1n) is 6.85. The lowest BCUT2D eigenvalue weighted by molar-refractivity contribution is 0.0697. The summed E-state index contributed by atoms with van der Waals surface area (Å²) in [5.74, 6) is 0.0453. The largest absolute Gasteiger partial charge is 0.478 e. The number of aryl methyl sites for hydroxylation is 1. The zero-order valence-electron chi connectivity index (χ0n) is 12.1. The molecule has 0 spiro atoms. The van der Waals surface area contributed by atoms with E-state index in [4.69, 9.17) is 9.84 Å². The van der Waals surface area contributed by atoms with E-state index in [1.807, 2.05) is 0 Å². The molecule has 1 unspecified atom stereocenters. The number of aromatic carboxylic acids is 1. The second-order valence-electron chi connectivity index (χ2n) is 4.78. The highest BCUT2D eigenvalue weighted by Crippen LogP contribution is 2.25. The van der Waals surface area contributed by atoms with Gasteiger partial charge in [-0.25, -0.2) is 9.78 Å². The number of ether oxygens (including phenoxy) is 1. The molecule has 1 atom stereocenters. The van der Waals surface area contributed by atoms with Crippen molar-refractivity contribution in [3.8, 4) is 0 Å². The van der Waals surface area contributed by atoms with Crippen molar-refractivity contribution in [3.05, 3.63) is 29.6 Å². The topological polar surface area (TPSA) is 64.3 Å². The Kier molecular flexibility index (Phi) is 4.39. The first-order chi connectivity index (χ1) is 9.62. The molecule has 108 valence electrons. The summed E-state index contributed by atoms with van der Waals surface area (Å²) in [5, 5.41) is 9.14. The highest BCUT2D eigenvalue weighted by atomic mass is 16.5. The standard InChI is InChI=1S/C15H20N2O3/c1-4-11(9-20-3)17-13-8-10(15(18)19)6-7-12(13)16-14(17)5-2/h6-8,11H,4-5,9H2,1-3H3,(H,18,19). The van der Waals surface area contributed by atoms with Crippen molar-refractivity contribution < 1.29 is 14.6 Å². The zero-order valence-corrected chi connectivity index (χ0v) is 12.1. The van der Waals surface area contributed by atoms with Crippen LogP contribution in [-0.4, -0.2) is 34.3 Å². The number of carbonyl (C=O) groups is 1. The number of rotatable bonds is 6. The molecule has 1 N–H and O–H groups in total. The summed E-state index contributed by atoms with van der Waals surface area (Å²) in [5.41, 5.74) is 1.99. The molecule has 1 aromatic heterocycles. The smallest absolute Gasteiger partial charge is 0.335 e. The van der Waals surface area contributed by atoms with Gasteiger partial charge in [0.2, 0.25) is 0 Å². The fourth-order valence-corrected chi connectivity index (χ4v) is 2.50. The predicted octanol–water partition coefficient (Wildman–Crippen LogP) is 2.89. The Morgan fingerprint density at radius 3 is 2.75 bits per heavy atom. The highest BCUT2D eigenvalue weighted by Gasteiger charge is 2.18. The summed E-state index contributed by atoms with van der Waals surface area (Å²) in [6.45, 7) is 4.73. The van der Waals surface area contributed by atoms with Gasteiger partial charge in [0.25, 0.3) is 0 Å². The molecule has 0 bridgehead atoms. The molecule has 20 heavy (non-hydrogen) atoms. The summed E-state index contributed by atoms with van der Waals surface area (Å²) >= 11 is 0. The lowest BCUT2D eigenvalue weighted by atomic mass is 10.1. The number of benzene rings is 1. The molecule has 1 heterocycles. The molecule has 0 aliphatic heterocycles. The van der Waals surface area contributed by atoms with E-state index in [2.05, 4.69) is 23.4 Å². The van der Waals surface area contributed by atoms with E-state index in [9.17, 15) is 4.79 Å². The highest BCUT2D eigenvalue weighted by molar-refractivity contribution is 5.92. The van der Waals surface area contributed by atoms with Gasteiger partial charge in [-0.3, -0.25) is 0 Å². The van der Waals surface area contributed by atoms with Gasteiger partial charge in [0.1, 0.15) is 5.82 Å². The normalized spacial score (nSPS) is 12.8. The molecule has 5 heteroatoms. The van der Waals surface area contributed by atoms with Crippen LogP contribution in [0, 0.1) is 0 Å². The Bertz CT molecular complexity index is 619. The van der Waals surface area contributed by atoms with E-state index < -0.39 is 5.97 Å². The number of carboxylic acids is 1. The summed E-state index contributed by atoms with van der Waals surface area (Å²) in [6, 6.07) is 5.23. The summed E-state index contributed by atoms with van der Waals surface area (Å²) in [7, 11) is 1.68. The summed E-state index contributed by atoms with van der Waals surface area (Å²) in [6.07, 6.45) is 1.71. The number of hydrogen-bond acceptors (Lipinski definition) is 3.